The predicted octanol–water partition coefficient (Wildman–Crippen LogP) is 3.19. The smallest absolute Gasteiger partial charge is 0.228 e. The van der Waals surface area contributed by atoms with Gasteiger partial charge < -0.3 is 13.9 Å². The maximum atomic E-state index is 12.6. The van der Waals surface area contributed by atoms with Crippen molar-refractivity contribution in [1.29, 1.82) is 0 Å². The van der Waals surface area contributed by atoms with E-state index in [1.165, 1.54) is 0 Å². The summed E-state index contributed by atoms with van der Waals surface area (Å²) in [4.78, 5) is 14.4. The lowest BCUT2D eigenvalue weighted by Gasteiger charge is -2.29. The average molecular weight is 274 g/mol. The zero-order valence-electron chi connectivity index (χ0n) is 12.6. The van der Waals surface area contributed by atoms with E-state index in [1.807, 2.05) is 67.7 Å². The molecule has 2 aromatic rings. The van der Waals surface area contributed by atoms with E-state index in [0.717, 1.165) is 11.5 Å². The monoisotopic (exact) mass is 274 g/mol. The van der Waals surface area contributed by atoms with Crippen LogP contribution in [0.4, 0.5) is 0 Å². The summed E-state index contributed by atoms with van der Waals surface area (Å²) in [5.41, 5.74) is 0.701. The maximum Gasteiger partial charge on any atom is 0.228 e. The molecule has 0 N–H and O–H groups in total. The Balaban J connectivity index is 2.20. The van der Waals surface area contributed by atoms with Gasteiger partial charge in [0.25, 0.3) is 0 Å². The molecule has 0 unspecified atom stereocenters. The summed E-state index contributed by atoms with van der Waals surface area (Å²) in [6.45, 7) is 6.90. The Morgan fingerprint density at radius 1 is 1.25 bits per heavy atom. The Kier molecular flexibility index (Phi) is 4.02. The third-order valence-electron chi connectivity index (χ3n) is 3.26. The van der Waals surface area contributed by atoms with Gasteiger partial charge in [-0.25, -0.2) is 0 Å². The Labute approximate surface area is 120 Å². The van der Waals surface area contributed by atoms with Crippen molar-refractivity contribution in [2.24, 2.45) is 12.5 Å². The minimum atomic E-state index is -0.405. The van der Waals surface area contributed by atoms with Gasteiger partial charge in [0.15, 0.2) is 0 Å². The Bertz CT molecular complexity index is 562. The molecular formula is C16H22N2O2. The van der Waals surface area contributed by atoms with Gasteiger partial charge in [-0.2, -0.15) is 0 Å². The summed E-state index contributed by atoms with van der Waals surface area (Å²) in [6.07, 6.45) is 3.62. The molecule has 0 saturated carbocycles. The van der Waals surface area contributed by atoms with E-state index in [4.69, 9.17) is 4.42 Å². The number of nitrogens with zero attached hydrogens (tertiary/aromatic N) is 2. The van der Waals surface area contributed by atoms with Crippen LogP contribution in [0.5, 0.6) is 0 Å². The number of rotatable bonds is 4. The molecular weight excluding hydrogens is 252 g/mol. The number of aromatic nitrogens is 1. The molecule has 108 valence electrons. The molecule has 2 aromatic heterocycles. The molecule has 0 aromatic carbocycles. The number of carbonyl (C=O) groups is 1. The van der Waals surface area contributed by atoms with Gasteiger partial charge in [-0.1, -0.05) is 20.8 Å². The molecule has 0 fully saturated rings. The van der Waals surface area contributed by atoms with E-state index in [2.05, 4.69) is 0 Å². The second kappa shape index (κ2) is 5.57. The van der Waals surface area contributed by atoms with Crippen molar-refractivity contribution in [3.63, 3.8) is 0 Å². The van der Waals surface area contributed by atoms with Crippen LogP contribution in [0, 0.1) is 5.41 Å². The molecule has 2 heterocycles. The SMILES string of the molecule is Cn1cccc1CN(Cc1ccco1)C(=O)C(C)(C)C. The van der Waals surface area contributed by atoms with Gasteiger partial charge in [-0.05, 0) is 24.3 Å². The van der Waals surface area contributed by atoms with E-state index in [-0.39, 0.29) is 5.91 Å². The van der Waals surface area contributed by atoms with Gasteiger partial charge in [-0.15, -0.1) is 0 Å². The molecule has 20 heavy (non-hydrogen) atoms. The van der Waals surface area contributed by atoms with Crippen LogP contribution in [0.3, 0.4) is 0 Å². The molecule has 0 spiro atoms. The minimum absolute atomic E-state index is 0.120. The minimum Gasteiger partial charge on any atom is -0.467 e. The van der Waals surface area contributed by atoms with Crippen LogP contribution in [-0.4, -0.2) is 15.4 Å². The second-order valence-electron chi connectivity index (χ2n) is 6.10. The Morgan fingerprint density at radius 2 is 2.00 bits per heavy atom. The van der Waals surface area contributed by atoms with E-state index in [9.17, 15) is 4.79 Å². The Hall–Kier alpha value is -1.97. The van der Waals surface area contributed by atoms with Crippen LogP contribution >= 0.6 is 0 Å². The number of amides is 1. The Morgan fingerprint density at radius 3 is 2.50 bits per heavy atom. The third kappa shape index (κ3) is 3.32. The fourth-order valence-corrected chi connectivity index (χ4v) is 2.12. The lowest BCUT2D eigenvalue weighted by atomic mass is 9.94. The van der Waals surface area contributed by atoms with Gasteiger partial charge >= 0.3 is 0 Å². The number of hydrogen-bond acceptors (Lipinski definition) is 2. The summed E-state index contributed by atoms with van der Waals surface area (Å²) in [5.74, 6) is 0.923. The largest absolute Gasteiger partial charge is 0.467 e. The number of hydrogen-bond donors (Lipinski definition) is 0. The predicted molar refractivity (Wildman–Crippen MR) is 77.8 cm³/mol. The second-order valence-corrected chi connectivity index (χ2v) is 6.10. The first-order chi connectivity index (χ1) is 9.38. The molecule has 4 nitrogen and oxygen atoms in total. The van der Waals surface area contributed by atoms with Crippen LogP contribution in [-0.2, 0) is 24.9 Å². The molecule has 2 rings (SSSR count). The molecule has 0 radical (unpaired) electrons. The zero-order valence-corrected chi connectivity index (χ0v) is 12.6. The van der Waals surface area contributed by atoms with Crippen LogP contribution in [0.25, 0.3) is 0 Å². The first kappa shape index (κ1) is 14.4. The van der Waals surface area contributed by atoms with Crippen LogP contribution in [0.2, 0.25) is 0 Å². The lowest BCUT2D eigenvalue weighted by Crippen LogP contribution is -2.38. The van der Waals surface area contributed by atoms with Crippen molar-refractivity contribution in [2.75, 3.05) is 0 Å². The van der Waals surface area contributed by atoms with E-state index in [0.29, 0.717) is 13.1 Å². The van der Waals surface area contributed by atoms with E-state index < -0.39 is 5.41 Å². The summed E-state index contributed by atoms with van der Waals surface area (Å²) in [5, 5.41) is 0. The van der Waals surface area contributed by atoms with Crippen molar-refractivity contribution >= 4 is 5.91 Å². The lowest BCUT2D eigenvalue weighted by molar-refractivity contribution is -0.141. The fraction of sp³-hybridized carbons (Fsp3) is 0.438. The van der Waals surface area contributed by atoms with Crippen molar-refractivity contribution in [3.8, 4) is 0 Å². The highest BCUT2D eigenvalue weighted by Crippen LogP contribution is 2.21. The first-order valence-corrected chi connectivity index (χ1v) is 6.80. The van der Waals surface area contributed by atoms with Gasteiger partial charge in [0.1, 0.15) is 5.76 Å². The van der Waals surface area contributed by atoms with Crippen LogP contribution < -0.4 is 0 Å². The highest BCUT2D eigenvalue weighted by atomic mass is 16.3. The molecule has 0 atom stereocenters. The van der Waals surface area contributed by atoms with E-state index in [1.54, 1.807) is 6.26 Å². The highest BCUT2D eigenvalue weighted by Gasteiger charge is 2.28. The van der Waals surface area contributed by atoms with Crippen molar-refractivity contribution < 1.29 is 9.21 Å². The molecule has 0 aliphatic rings. The van der Waals surface area contributed by atoms with Crippen molar-refractivity contribution in [2.45, 2.75) is 33.9 Å². The first-order valence-electron chi connectivity index (χ1n) is 6.80. The standard InChI is InChI=1S/C16H22N2O2/c1-16(2,3)15(19)18(12-14-8-6-10-20-14)11-13-7-5-9-17(13)4/h5-10H,11-12H2,1-4H3. The number of aryl methyl sites for hydroxylation is 1. The van der Waals surface area contributed by atoms with Crippen LogP contribution in [0.1, 0.15) is 32.2 Å². The fourth-order valence-electron chi connectivity index (χ4n) is 2.12. The third-order valence-corrected chi connectivity index (χ3v) is 3.26. The highest BCUT2D eigenvalue weighted by molar-refractivity contribution is 5.81. The van der Waals surface area contributed by atoms with Crippen molar-refractivity contribution in [1.82, 2.24) is 9.47 Å². The molecule has 0 aliphatic heterocycles. The van der Waals surface area contributed by atoms with Gasteiger partial charge in [0, 0.05) is 24.4 Å². The molecule has 0 bridgehead atoms. The normalized spacial score (nSPS) is 11.6. The average Bonchev–Trinajstić information content (AvgIpc) is 2.99. The summed E-state index contributed by atoms with van der Waals surface area (Å²) in [7, 11) is 1.99. The quantitative estimate of drug-likeness (QED) is 0.858. The molecule has 1 amide bonds. The molecule has 4 heteroatoms. The number of carbonyl (C=O) groups excluding carboxylic acids is 1. The summed E-state index contributed by atoms with van der Waals surface area (Å²) in [6, 6.07) is 7.76. The van der Waals surface area contributed by atoms with Crippen LogP contribution in [0.15, 0.2) is 41.1 Å². The summed E-state index contributed by atoms with van der Waals surface area (Å²) < 4.78 is 7.41. The molecule has 0 saturated heterocycles. The van der Waals surface area contributed by atoms with Gasteiger partial charge in [0.2, 0.25) is 5.91 Å². The van der Waals surface area contributed by atoms with Crippen molar-refractivity contribution in [3.05, 3.63) is 48.2 Å². The summed E-state index contributed by atoms with van der Waals surface area (Å²) >= 11 is 0. The van der Waals surface area contributed by atoms with Gasteiger partial charge in [-0.3, -0.25) is 4.79 Å². The van der Waals surface area contributed by atoms with Gasteiger partial charge in [0.05, 0.1) is 19.4 Å². The number of furan rings is 1. The topological polar surface area (TPSA) is 38.4 Å². The maximum absolute atomic E-state index is 12.6. The zero-order chi connectivity index (χ0) is 14.8. The molecule has 0 aliphatic carbocycles. The van der Waals surface area contributed by atoms with E-state index >= 15 is 0 Å².